The van der Waals surface area contributed by atoms with E-state index in [1.54, 1.807) is 38.1 Å². The molecule has 1 aromatic heterocycles. The molecule has 0 saturated carbocycles. The average Bonchev–Trinajstić information content (AvgIpc) is 2.76. The smallest absolute Gasteiger partial charge is 0.336 e. The maximum atomic E-state index is 13.3. The molecule has 0 radical (unpaired) electrons. The van der Waals surface area contributed by atoms with Crippen molar-refractivity contribution in [3.8, 4) is 5.75 Å². The van der Waals surface area contributed by atoms with E-state index in [2.05, 4.69) is 4.72 Å². The van der Waals surface area contributed by atoms with E-state index in [4.69, 9.17) is 9.15 Å². The number of rotatable bonds is 9. The summed E-state index contributed by atoms with van der Waals surface area (Å²) in [6, 6.07) is 10.1. The molecule has 0 aliphatic carbocycles. The van der Waals surface area contributed by atoms with Gasteiger partial charge in [0.25, 0.3) is 0 Å². The molecule has 0 unspecified atom stereocenters. The Labute approximate surface area is 200 Å². The number of sulfonamides is 1. The van der Waals surface area contributed by atoms with Crippen LogP contribution in [0.4, 0.5) is 0 Å². The molecule has 0 amide bonds. The maximum absolute atomic E-state index is 13.3. The summed E-state index contributed by atoms with van der Waals surface area (Å²) in [5, 5.41) is 0.546. The molecular formula is C26H31NO6S. The van der Waals surface area contributed by atoms with Gasteiger partial charge in [0.1, 0.15) is 17.4 Å². The first kappa shape index (κ1) is 25.6. The molecule has 3 rings (SSSR count). The van der Waals surface area contributed by atoms with Crippen LogP contribution in [0.5, 0.6) is 5.75 Å². The molecule has 34 heavy (non-hydrogen) atoms. The number of aryl methyl sites for hydroxylation is 3. The predicted octanol–water partition coefficient (Wildman–Crippen LogP) is 4.66. The second kappa shape index (κ2) is 10.5. The third kappa shape index (κ3) is 5.74. The third-order valence-electron chi connectivity index (χ3n) is 5.84. The Hall–Kier alpha value is -2.97. The number of fused-ring (bicyclic) bond motifs is 1. The zero-order valence-electron chi connectivity index (χ0n) is 20.2. The predicted molar refractivity (Wildman–Crippen MR) is 132 cm³/mol. The standard InChI is InChI=1S/C26H31NO6S/c1-6-8-19-15-23(28)32-21-13-17(4)14-22(24(19)21)33-26(29)25(18(5)7-2)27-34(30,31)20-11-9-16(3)10-12-20/h9-15,18,25,27H,6-8H2,1-5H3/t18-,25-/m1/s1. The molecule has 8 heteroatoms. The van der Waals surface area contributed by atoms with Crippen LogP contribution in [-0.4, -0.2) is 20.4 Å². The average molecular weight is 486 g/mol. The van der Waals surface area contributed by atoms with Crippen LogP contribution < -0.4 is 15.1 Å². The number of hydrogen-bond donors (Lipinski definition) is 1. The molecule has 0 spiro atoms. The Morgan fingerprint density at radius 2 is 1.74 bits per heavy atom. The van der Waals surface area contributed by atoms with Gasteiger partial charge in [0.2, 0.25) is 10.0 Å². The Morgan fingerprint density at radius 3 is 2.35 bits per heavy atom. The van der Waals surface area contributed by atoms with Crippen LogP contribution in [0, 0.1) is 19.8 Å². The molecule has 3 aromatic rings. The molecule has 1 heterocycles. The zero-order valence-corrected chi connectivity index (χ0v) is 21.0. The second-order valence-corrected chi connectivity index (χ2v) is 10.4. The number of carbonyl (C=O) groups is 1. The molecule has 0 bridgehead atoms. The van der Waals surface area contributed by atoms with Crippen LogP contribution in [0.15, 0.2) is 56.6 Å². The zero-order chi connectivity index (χ0) is 25.0. The number of ether oxygens (including phenoxy) is 1. The Balaban J connectivity index is 2.01. The van der Waals surface area contributed by atoms with E-state index in [0.717, 1.165) is 23.1 Å². The minimum absolute atomic E-state index is 0.0761. The van der Waals surface area contributed by atoms with Crippen LogP contribution in [0.1, 0.15) is 50.3 Å². The SMILES string of the molecule is CCCc1cc(=O)oc2cc(C)cc(OC(=O)[C@H](NS(=O)(=O)c3ccc(C)cc3)[C@H](C)CC)c12. The highest BCUT2D eigenvalue weighted by atomic mass is 32.2. The van der Waals surface area contributed by atoms with E-state index in [1.165, 1.54) is 18.2 Å². The number of benzene rings is 2. The first-order valence-electron chi connectivity index (χ1n) is 11.4. The molecule has 0 aliphatic rings. The van der Waals surface area contributed by atoms with Crippen LogP contribution in [-0.2, 0) is 21.2 Å². The molecule has 0 fully saturated rings. The van der Waals surface area contributed by atoms with Gasteiger partial charge in [0, 0.05) is 6.07 Å². The summed E-state index contributed by atoms with van der Waals surface area (Å²) in [6.07, 6.45) is 1.94. The van der Waals surface area contributed by atoms with Crippen molar-refractivity contribution >= 4 is 27.0 Å². The molecule has 2 atom stereocenters. The van der Waals surface area contributed by atoms with Crippen LogP contribution in [0.2, 0.25) is 0 Å². The normalized spacial score (nSPS) is 13.6. The van der Waals surface area contributed by atoms with Gasteiger partial charge in [-0.3, -0.25) is 0 Å². The summed E-state index contributed by atoms with van der Waals surface area (Å²) in [5.41, 5.74) is 2.25. The van der Waals surface area contributed by atoms with Crippen LogP contribution >= 0.6 is 0 Å². The summed E-state index contributed by atoms with van der Waals surface area (Å²) < 4.78 is 39.7. The van der Waals surface area contributed by atoms with Gasteiger partial charge in [-0.25, -0.2) is 18.0 Å². The first-order chi connectivity index (χ1) is 16.1. The van der Waals surface area contributed by atoms with Crippen molar-refractivity contribution < 1.29 is 22.4 Å². The third-order valence-corrected chi connectivity index (χ3v) is 7.30. The van der Waals surface area contributed by atoms with Crippen molar-refractivity contribution in [1.29, 1.82) is 0 Å². The lowest BCUT2D eigenvalue weighted by molar-refractivity contribution is -0.137. The molecule has 1 N–H and O–H groups in total. The van der Waals surface area contributed by atoms with Crippen molar-refractivity contribution in [2.45, 2.75) is 64.8 Å². The highest BCUT2D eigenvalue weighted by molar-refractivity contribution is 7.89. The van der Waals surface area contributed by atoms with E-state index in [0.29, 0.717) is 23.8 Å². The minimum Gasteiger partial charge on any atom is -0.425 e. The summed E-state index contributed by atoms with van der Waals surface area (Å²) in [5.74, 6) is -0.794. The van der Waals surface area contributed by atoms with Gasteiger partial charge in [-0.2, -0.15) is 4.72 Å². The van der Waals surface area contributed by atoms with Crippen molar-refractivity contribution in [3.63, 3.8) is 0 Å². The lowest BCUT2D eigenvalue weighted by Crippen LogP contribution is -2.47. The second-order valence-electron chi connectivity index (χ2n) is 8.70. The van der Waals surface area contributed by atoms with E-state index < -0.39 is 27.7 Å². The highest BCUT2D eigenvalue weighted by Crippen LogP contribution is 2.31. The molecule has 2 aromatic carbocycles. The van der Waals surface area contributed by atoms with Gasteiger partial charge >= 0.3 is 11.6 Å². The first-order valence-corrected chi connectivity index (χ1v) is 12.9. The van der Waals surface area contributed by atoms with Gasteiger partial charge in [0.05, 0.1) is 10.3 Å². The number of esters is 1. The molecule has 0 saturated heterocycles. The van der Waals surface area contributed by atoms with E-state index >= 15 is 0 Å². The largest absolute Gasteiger partial charge is 0.425 e. The van der Waals surface area contributed by atoms with E-state index in [9.17, 15) is 18.0 Å². The van der Waals surface area contributed by atoms with Crippen LogP contribution in [0.25, 0.3) is 11.0 Å². The fourth-order valence-electron chi connectivity index (χ4n) is 3.77. The fraction of sp³-hybridized carbons (Fsp3) is 0.385. The summed E-state index contributed by atoms with van der Waals surface area (Å²) in [4.78, 5) is 25.4. The Morgan fingerprint density at radius 1 is 1.06 bits per heavy atom. The van der Waals surface area contributed by atoms with Crippen LogP contribution in [0.3, 0.4) is 0 Å². The molecule has 182 valence electrons. The van der Waals surface area contributed by atoms with Gasteiger partial charge < -0.3 is 9.15 Å². The molecular weight excluding hydrogens is 454 g/mol. The monoisotopic (exact) mass is 485 g/mol. The van der Waals surface area contributed by atoms with Crippen molar-refractivity contribution in [3.05, 3.63) is 69.6 Å². The van der Waals surface area contributed by atoms with Crippen molar-refractivity contribution in [1.82, 2.24) is 4.72 Å². The number of hydrogen-bond acceptors (Lipinski definition) is 6. The molecule has 7 nitrogen and oxygen atoms in total. The fourth-order valence-corrected chi connectivity index (χ4v) is 5.07. The molecule has 0 aliphatic heterocycles. The lowest BCUT2D eigenvalue weighted by atomic mass is 10.00. The van der Waals surface area contributed by atoms with Crippen molar-refractivity contribution in [2.24, 2.45) is 5.92 Å². The van der Waals surface area contributed by atoms with E-state index in [1.807, 2.05) is 20.8 Å². The Bertz CT molecular complexity index is 1340. The van der Waals surface area contributed by atoms with Gasteiger partial charge in [-0.15, -0.1) is 0 Å². The van der Waals surface area contributed by atoms with E-state index in [-0.39, 0.29) is 16.6 Å². The summed E-state index contributed by atoms with van der Waals surface area (Å²) >= 11 is 0. The lowest BCUT2D eigenvalue weighted by Gasteiger charge is -2.23. The maximum Gasteiger partial charge on any atom is 0.336 e. The number of nitrogens with one attached hydrogen (secondary N) is 1. The quantitative estimate of drug-likeness (QED) is 0.269. The Kier molecular flexibility index (Phi) is 7.94. The van der Waals surface area contributed by atoms with Gasteiger partial charge in [0.15, 0.2) is 0 Å². The van der Waals surface area contributed by atoms with Gasteiger partial charge in [-0.05, 0) is 61.6 Å². The topological polar surface area (TPSA) is 103 Å². The highest BCUT2D eigenvalue weighted by Gasteiger charge is 2.32. The van der Waals surface area contributed by atoms with Crippen molar-refractivity contribution in [2.75, 3.05) is 0 Å². The minimum atomic E-state index is -3.95. The number of carbonyl (C=O) groups excluding carboxylic acids is 1. The summed E-state index contributed by atoms with van der Waals surface area (Å²) in [7, 11) is -3.95. The summed E-state index contributed by atoms with van der Waals surface area (Å²) in [6.45, 7) is 9.32. The van der Waals surface area contributed by atoms with Gasteiger partial charge in [-0.1, -0.05) is 51.3 Å².